The van der Waals surface area contributed by atoms with Crippen molar-refractivity contribution in [1.29, 1.82) is 0 Å². The van der Waals surface area contributed by atoms with Crippen LogP contribution in [0.3, 0.4) is 0 Å². The molecule has 288 valence electrons. The maximum absolute atomic E-state index is 5.14. The van der Waals surface area contributed by atoms with Crippen molar-refractivity contribution in [2.45, 2.75) is 5.41 Å². The molecule has 0 saturated carbocycles. The van der Waals surface area contributed by atoms with Crippen molar-refractivity contribution in [3.05, 3.63) is 235 Å². The molecule has 1 spiro atoms. The lowest BCUT2D eigenvalue weighted by atomic mass is 9.70. The first-order valence-corrected chi connectivity index (χ1v) is 21.9. The van der Waals surface area contributed by atoms with Crippen LogP contribution in [0.15, 0.2) is 212 Å². The zero-order valence-electron chi connectivity index (χ0n) is 33.5. The van der Waals surface area contributed by atoms with Gasteiger partial charge in [0.15, 0.2) is 17.5 Å². The minimum Gasteiger partial charge on any atom is -0.208 e. The minimum absolute atomic E-state index is 0.333. The maximum atomic E-state index is 5.14. The molecule has 0 radical (unpaired) electrons. The predicted molar refractivity (Wildman–Crippen MR) is 256 cm³/mol. The number of hydrogen-bond donors (Lipinski definition) is 0. The van der Waals surface area contributed by atoms with Gasteiger partial charge in [-0.3, -0.25) is 0 Å². The van der Waals surface area contributed by atoms with Gasteiger partial charge >= 0.3 is 0 Å². The molecule has 0 amide bonds. The lowest BCUT2D eigenvalue weighted by molar-refractivity contribution is 0.794. The van der Waals surface area contributed by atoms with E-state index in [1.54, 1.807) is 0 Å². The largest absolute Gasteiger partial charge is 0.208 e. The third-order valence-corrected chi connectivity index (χ3v) is 14.1. The number of thiophene rings is 1. The Morgan fingerprint density at radius 3 is 1.40 bits per heavy atom. The second-order valence-corrected chi connectivity index (χ2v) is 17.4. The minimum atomic E-state index is -0.333. The lowest BCUT2D eigenvalue weighted by Gasteiger charge is -2.30. The lowest BCUT2D eigenvalue weighted by Crippen LogP contribution is -2.25. The van der Waals surface area contributed by atoms with E-state index in [2.05, 4.69) is 194 Å². The summed E-state index contributed by atoms with van der Waals surface area (Å²) >= 11 is 1.81. The van der Waals surface area contributed by atoms with Gasteiger partial charge in [0.2, 0.25) is 0 Å². The molecular weight excluding hydrogens is 771 g/mol. The Balaban J connectivity index is 0.870. The zero-order chi connectivity index (χ0) is 40.8. The normalized spacial score (nSPS) is 13.0. The molecule has 0 N–H and O–H groups in total. The maximum Gasteiger partial charge on any atom is 0.164 e. The topological polar surface area (TPSA) is 38.7 Å². The Morgan fingerprint density at radius 2 is 0.726 bits per heavy atom. The number of nitrogens with zero attached hydrogens (tertiary/aromatic N) is 3. The first-order valence-electron chi connectivity index (χ1n) is 21.1. The van der Waals surface area contributed by atoms with E-state index in [-0.39, 0.29) is 5.41 Å². The predicted octanol–water partition coefficient (Wildman–Crippen LogP) is 14.9. The van der Waals surface area contributed by atoms with Crippen LogP contribution in [0.2, 0.25) is 0 Å². The van der Waals surface area contributed by atoms with Crippen LogP contribution in [-0.4, -0.2) is 15.0 Å². The molecule has 2 heterocycles. The Hall–Kier alpha value is -7.79. The second-order valence-electron chi connectivity index (χ2n) is 16.3. The summed E-state index contributed by atoms with van der Waals surface area (Å²) < 4.78 is 2.53. The van der Waals surface area contributed by atoms with Gasteiger partial charge in [0.25, 0.3) is 0 Å². The van der Waals surface area contributed by atoms with E-state index in [1.165, 1.54) is 75.8 Å². The highest BCUT2D eigenvalue weighted by Crippen LogP contribution is 2.63. The van der Waals surface area contributed by atoms with Crippen LogP contribution in [0.25, 0.3) is 98.8 Å². The molecular formula is C58H35N3S. The number of benzene rings is 9. The van der Waals surface area contributed by atoms with Crippen LogP contribution in [-0.2, 0) is 5.41 Å². The van der Waals surface area contributed by atoms with Crippen molar-refractivity contribution >= 4 is 31.5 Å². The molecule has 62 heavy (non-hydrogen) atoms. The molecule has 2 aliphatic carbocycles. The van der Waals surface area contributed by atoms with Crippen molar-refractivity contribution in [1.82, 2.24) is 15.0 Å². The fourth-order valence-electron chi connectivity index (χ4n) is 10.2. The molecule has 11 aromatic rings. The molecule has 0 bridgehead atoms. The summed E-state index contributed by atoms with van der Waals surface area (Å²) in [6.07, 6.45) is 0. The summed E-state index contributed by atoms with van der Waals surface area (Å²) in [4.78, 5) is 15.2. The quantitative estimate of drug-likeness (QED) is 0.174. The molecule has 0 fully saturated rings. The molecule has 3 nitrogen and oxygen atoms in total. The molecule has 9 aromatic carbocycles. The number of rotatable bonds is 5. The highest BCUT2D eigenvalue weighted by Gasteiger charge is 2.51. The van der Waals surface area contributed by atoms with Crippen molar-refractivity contribution in [2.24, 2.45) is 0 Å². The number of aromatic nitrogens is 3. The van der Waals surface area contributed by atoms with E-state index in [4.69, 9.17) is 15.0 Å². The van der Waals surface area contributed by atoms with Gasteiger partial charge in [-0.25, -0.2) is 15.0 Å². The van der Waals surface area contributed by atoms with Crippen LogP contribution in [0.4, 0.5) is 0 Å². The fraction of sp³-hybridized carbons (Fsp3) is 0.0172. The van der Waals surface area contributed by atoms with E-state index in [1.807, 2.05) is 29.5 Å². The molecule has 0 saturated heterocycles. The van der Waals surface area contributed by atoms with Gasteiger partial charge in [-0.05, 0) is 103 Å². The Morgan fingerprint density at radius 1 is 0.274 bits per heavy atom. The van der Waals surface area contributed by atoms with E-state index in [9.17, 15) is 0 Å². The molecule has 0 aliphatic heterocycles. The SMILES string of the molecule is c1ccc(-c2nc(-c3cccc(-c4ccc(-c5ccc6c(c5)-c5ccccc5C65c6ccccc6-c6ccccc65)cc4)c3)nc(-c3ccc4sc5ccccc5c4c3)n2)cc1. The zero-order valence-corrected chi connectivity index (χ0v) is 34.3. The third-order valence-electron chi connectivity index (χ3n) is 13.0. The van der Waals surface area contributed by atoms with Crippen molar-refractivity contribution in [3.8, 4) is 78.7 Å². The summed E-state index contributed by atoms with van der Waals surface area (Å²) in [5.41, 5.74) is 17.9. The van der Waals surface area contributed by atoms with Gasteiger partial charge in [0.05, 0.1) is 5.41 Å². The molecule has 4 heteroatoms. The van der Waals surface area contributed by atoms with Crippen LogP contribution in [0, 0.1) is 0 Å². The van der Waals surface area contributed by atoms with Crippen LogP contribution >= 0.6 is 11.3 Å². The van der Waals surface area contributed by atoms with E-state index in [0.29, 0.717) is 17.5 Å². The van der Waals surface area contributed by atoms with Crippen LogP contribution in [0.5, 0.6) is 0 Å². The average molecular weight is 806 g/mol. The summed E-state index contributed by atoms with van der Waals surface area (Å²) in [6, 6.07) is 76.9. The number of fused-ring (bicyclic) bond motifs is 13. The Labute approximate surface area is 363 Å². The smallest absolute Gasteiger partial charge is 0.164 e. The monoisotopic (exact) mass is 805 g/mol. The highest BCUT2D eigenvalue weighted by molar-refractivity contribution is 7.25. The van der Waals surface area contributed by atoms with E-state index >= 15 is 0 Å². The summed E-state index contributed by atoms with van der Waals surface area (Å²) in [5, 5.41) is 2.47. The van der Waals surface area contributed by atoms with Gasteiger partial charge in [-0.1, -0.05) is 176 Å². The van der Waals surface area contributed by atoms with Crippen LogP contribution < -0.4 is 0 Å². The Kier molecular flexibility index (Phi) is 7.69. The standard InChI is InChI=1S/C58H35N3S/c1-2-13-38(14-3-1)55-59-56(61-57(60-55)42-30-32-54-48(35-42)46-20-7-11-24-53(46)62-54)41-16-12-15-39(33-41)36-25-27-37(28-26-36)40-29-31-52-47(34-40)45-19-6-10-23-51(45)58(52)49-21-8-4-17-43(49)44-18-5-9-22-50(44)58/h1-35H. The van der Waals surface area contributed by atoms with Crippen molar-refractivity contribution in [2.75, 3.05) is 0 Å². The van der Waals surface area contributed by atoms with Crippen LogP contribution in [0.1, 0.15) is 22.3 Å². The molecule has 2 aromatic heterocycles. The van der Waals surface area contributed by atoms with Gasteiger partial charge in [-0.15, -0.1) is 11.3 Å². The van der Waals surface area contributed by atoms with Gasteiger partial charge in [0.1, 0.15) is 0 Å². The first kappa shape index (κ1) is 35.0. The highest BCUT2D eigenvalue weighted by atomic mass is 32.1. The molecule has 0 unspecified atom stereocenters. The summed E-state index contributed by atoms with van der Waals surface area (Å²) in [7, 11) is 0. The summed E-state index contributed by atoms with van der Waals surface area (Å²) in [5.74, 6) is 1.95. The van der Waals surface area contributed by atoms with Gasteiger partial charge in [0, 0.05) is 36.9 Å². The molecule has 13 rings (SSSR count). The van der Waals surface area contributed by atoms with Gasteiger partial charge < -0.3 is 0 Å². The van der Waals surface area contributed by atoms with Crippen molar-refractivity contribution < 1.29 is 0 Å². The fourth-order valence-corrected chi connectivity index (χ4v) is 11.3. The second kappa shape index (κ2) is 13.6. The van der Waals surface area contributed by atoms with E-state index < -0.39 is 0 Å². The molecule has 2 aliphatic rings. The van der Waals surface area contributed by atoms with Crippen molar-refractivity contribution in [3.63, 3.8) is 0 Å². The summed E-state index contributed by atoms with van der Waals surface area (Å²) in [6.45, 7) is 0. The Bertz CT molecular complexity index is 3540. The number of hydrogen-bond acceptors (Lipinski definition) is 4. The molecule has 0 atom stereocenters. The van der Waals surface area contributed by atoms with E-state index in [0.717, 1.165) is 27.8 Å². The third kappa shape index (κ3) is 5.20. The average Bonchev–Trinajstić information content (AvgIpc) is 3.98. The first-order chi connectivity index (χ1) is 30.7. The van der Waals surface area contributed by atoms with Gasteiger partial charge in [-0.2, -0.15) is 0 Å².